The van der Waals surface area contributed by atoms with Crippen molar-refractivity contribution in [3.63, 3.8) is 0 Å². The molecule has 4 heteroatoms. The maximum Gasteiger partial charge on any atom is 0.157 e. The first-order valence-corrected chi connectivity index (χ1v) is 4.01. The summed E-state index contributed by atoms with van der Waals surface area (Å²) >= 11 is 0. The van der Waals surface area contributed by atoms with Crippen LogP contribution in [0.15, 0.2) is 18.2 Å². The van der Waals surface area contributed by atoms with E-state index in [0.717, 1.165) is 5.56 Å². The Kier molecular flexibility index (Phi) is 3.52. The molecule has 0 saturated carbocycles. The summed E-state index contributed by atoms with van der Waals surface area (Å²) in [6.07, 6.45) is 0.623. The zero-order valence-electron chi connectivity index (χ0n) is 7.13. The van der Waals surface area contributed by atoms with E-state index in [1.165, 1.54) is 12.1 Å². The lowest BCUT2D eigenvalue weighted by Crippen LogP contribution is -2.15. The van der Waals surface area contributed by atoms with Crippen molar-refractivity contribution in [1.29, 1.82) is 0 Å². The Balaban J connectivity index is 2.53. The van der Waals surface area contributed by atoms with Crippen LogP contribution >= 0.6 is 0 Å². The first-order valence-electron chi connectivity index (χ1n) is 4.01. The zero-order valence-corrected chi connectivity index (χ0v) is 7.13. The molecular formula is C9H12FNO2. The predicted molar refractivity (Wildman–Crippen MR) is 47.5 cm³/mol. The largest absolute Gasteiger partial charge is 0.504 e. The molecule has 0 unspecified atom stereocenters. The first kappa shape index (κ1) is 9.80. The van der Waals surface area contributed by atoms with Crippen LogP contribution in [0, 0.1) is 0 Å². The van der Waals surface area contributed by atoms with Crippen LogP contribution in [0.3, 0.4) is 0 Å². The molecule has 0 bridgehead atoms. The van der Waals surface area contributed by atoms with Gasteiger partial charge in [0.2, 0.25) is 0 Å². The molecule has 1 rings (SSSR count). The lowest BCUT2D eigenvalue weighted by molar-refractivity contribution is 0.402. The number of benzene rings is 1. The number of nitrogens with one attached hydrogen (secondary N) is 1. The highest BCUT2D eigenvalue weighted by atomic mass is 19.1. The molecule has 0 aromatic heterocycles. The van der Waals surface area contributed by atoms with E-state index in [1.807, 2.05) is 0 Å². The van der Waals surface area contributed by atoms with Gasteiger partial charge in [-0.2, -0.15) is 0 Å². The van der Waals surface area contributed by atoms with Gasteiger partial charge in [0.05, 0.1) is 0 Å². The number of hydrogen-bond acceptors (Lipinski definition) is 3. The minimum Gasteiger partial charge on any atom is -0.504 e. The summed E-state index contributed by atoms with van der Waals surface area (Å²) in [7, 11) is 0. The number of phenolic OH excluding ortho intramolecular Hbond substituents is 2. The van der Waals surface area contributed by atoms with E-state index in [2.05, 4.69) is 5.32 Å². The van der Waals surface area contributed by atoms with Crippen LogP contribution in [0.5, 0.6) is 11.5 Å². The van der Waals surface area contributed by atoms with Crippen LogP contribution in [0.1, 0.15) is 5.56 Å². The van der Waals surface area contributed by atoms with Crippen molar-refractivity contribution in [2.24, 2.45) is 0 Å². The minimum absolute atomic E-state index is 0.137. The summed E-state index contributed by atoms with van der Waals surface area (Å²) in [6.45, 7) is -0.0369. The van der Waals surface area contributed by atoms with Gasteiger partial charge in [-0.1, -0.05) is 6.07 Å². The fraction of sp³-hybridized carbons (Fsp3) is 0.333. The van der Waals surface area contributed by atoms with Crippen molar-refractivity contribution in [2.75, 3.05) is 13.3 Å². The molecule has 1 aromatic rings. The summed E-state index contributed by atoms with van der Waals surface area (Å²) in [5, 5.41) is 20.6. The lowest BCUT2D eigenvalue weighted by Gasteiger charge is -2.03. The van der Waals surface area contributed by atoms with Crippen molar-refractivity contribution in [1.82, 2.24) is 5.32 Å². The molecule has 0 spiro atoms. The second-order valence-corrected chi connectivity index (χ2v) is 2.71. The highest BCUT2D eigenvalue weighted by molar-refractivity contribution is 5.40. The summed E-state index contributed by atoms with van der Waals surface area (Å²) in [5.74, 6) is -0.278. The molecule has 0 aliphatic carbocycles. The average Bonchev–Trinajstić information content (AvgIpc) is 2.12. The van der Waals surface area contributed by atoms with Gasteiger partial charge in [-0.15, -0.1) is 0 Å². The molecular weight excluding hydrogens is 173 g/mol. The van der Waals surface area contributed by atoms with Crippen LogP contribution < -0.4 is 5.32 Å². The SMILES string of the molecule is Oc1ccc(CCNCF)cc1O. The van der Waals surface area contributed by atoms with Gasteiger partial charge in [-0.25, -0.2) is 4.39 Å². The molecule has 0 fully saturated rings. The van der Waals surface area contributed by atoms with E-state index in [1.54, 1.807) is 6.07 Å². The Morgan fingerprint density at radius 2 is 2.00 bits per heavy atom. The highest BCUT2D eigenvalue weighted by Gasteiger charge is 1.99. The lowest BCUT2D eigenvalue weighted by atomic mass is 10.1. The molecule has 3 N–H and O–H groups in total. The molecule has 0 heterocycles. The molecule has 72 valence electrons. The molecule has 3 nitrogen and oxygen atoms in total. The van der Waals surface area contributed by atoms with Gasteiger partial charge >= 0.3 is 0 Å². The Hall–Kier alpha value is -1.29. The summed E-state index contributed by atoms with van der Waals surface area (Å²) in [6, 6.07) is 4.57. The third-order valence-corrected chi connectivity index (χ3v) is 1.72. The van der Waals surface area contributed by atoms with Gasteiger partial charge in [0.25, 0.3) is 0 Å². The van der Waals surface area contributed by atoms with E-state index >= 15 is 0 Å². The number of phenols is 2. The quantitative estimate of drug-likeness (QED) is 0.375. The van der Waals surface area contributed by atoms with Gasteiger partial charge in [0.15, 0.2) is 11.5 Å². The van der Waals surface area contributed by atoms with Gasteiger partial charge in [0, 0.05) is 6.54 Å². The predicted octanol–water partition coefficient (Wildman–Crippen LogP) is 1.16. The third-order valence-electron chi connectivity index (χ3n) is 1.72. The number of rotatable bonds is 4. The number of alkyl halides is 1. The second-order valence-electron chi connectivity index (χ2n) is 2.71. The third kappa shape index (κ3) is 2.91. The monoisotopic (exact) mass is 185 g/mol. The van der Waals surface area contributed by atoms with E-state index in [0.29, 0.717) is 13.0 Å². The van der Waals surface area contributed by atoms with Crippen LogP contribution in [0.4, 0.5) is 4.39 Å². The molecule has 13 heavy (non-hydrogen) atoms. The smallest absolute Gasteiger partial charge is 0.157 e. The summed E-state index contributed by atoms with van der Waals surface area (Å²) in [4.78, 5) is 0. The van der Waals surface area contributed by atoms with Gasteiger partial charge in [-0.05, 0) is 24.1 Å². The maximum absolute atomic E-state index is 11.6. The highest BCUT2D eigenvalue weighted by Crippen LogP contribution is 2.24. The Labute approximate surface area is 75.8 Å². The maximum atomic E-state index is 11.6. The second kappa shape index (κ2) is 4.67. The molecule has 0 saturated heterocycles. The molecule has 0 aliphatic rings. The average molecular weight is 185 g/mol. The van der Waals surface area contributed by atoms with E-state index < -0.39 is 6.80 Å². The standard InChI is InChI=1S/C9H12FNO2/c10-6-11-4-3-7-1-2-8(12)9(13)5-7/h1-2,5,11-13H,3-4,6H2. The number of hydrogen-bond donors (Lipinski definition) is 3. The summed E-state index contributed by atoms with van der Waals surface area (Å²) < 4.78 is 11.6. The van der Waals surface area contributed by atoms with Crippen LogP contribution in [0.2, 0.25) is 0 Å². The molecule has 1 aromatic carbocycles. The van der Waals surface area contributed by atoms with Gasteiger partial charge < -0.3 is 10.2 Å². The van der Waals surface area contributed by atoms with Crippen molar-refractivity contribution >= 4 is 0 Å². The van der Waals surface area contributed by atoms with Gasteiger partial charge in [0.1, 0.15) is 6.80 Å². The minimum atomic E-state index is -0.552. The summed E-state index contributed by atoms with van der Waals surface area (Å²) in [5.41, 5.74) is 0.858. The van der Waals surface area contributed by atoms with Crippen LogP contribution in [0.25, 0.3) is 0 Å². The molecule has 0 atom stereocenters. The van der Waals surface area contributed by atoms with Crippen molar-refractivity contribution in [2.45, 2.75) is 6.42 Å². The topological polar surface area (TPSA) is 52.5 Å². The normalized spacial score (nSPS) is 10.2. The van der Waals surface area contributed by atoms with Gasteiger partial charge in [-0.3, -0.25) is 5.32 Å². The van der Waals surface area contributed by atoms with Crippen molar-refractivity contribution < 1.29 is 14.6 Å². The Morgan fingerprint density at radius 1 is 1.23 bits per heavy atom. The van der Waals surface area contributed by atoms with E-state index in [9.17, 15) is 4.39 Å². The van der Waals surface area contributed by atoms with Crippen molar-refractivity contribution in [3.8, 4) is 11.5 Å². The van der Waals surface area contributed by atoms with Crippen LogP contribution in [-0.4, -0.2) is 23.6 Å². The Morgan fingerprint density at radius 3 is 2.62 bits per heavy atom. The number of halogens is 1. The zero-order chi connectivity index (χ0) is 9.68. The molecule has 0 amide bonds. The fourth-order valence-electron chi connectivity index (χ4n) is 1.02. The molecule has 0 aliphatic heterocycles. The van der Waals surface area contributed by atoms with Crippen LogP contribution in [-0.2, 0) is 6.42 Å². The molecule has 0 radical (unpaired) electrons. The first-order chi connectivity index (χ1) is 6.24. The fourth-order valence-corrected chi connectivity index (χ4v) is 1.02. The number of aromatic hydroxyl groups is 2. The Bertz CT molecular complexity index is 278. The van der Waals surface area contributed by atoms with Crippen molar-refractivity contribution in [3.05, 3.63) is 23.8 Å². The van der Waals surface area contributed by atoms with E-state index in [-0.39, 0.29) is 11.5 Å². The van der Waals surface area contributed by atoms with E-state index in [4.69, 9.17) is 10.2 Å².